The number of rotatable bonds is 7. The number of aromatic nitrogens is 4. The summed E-state index contributed by atoms with van der Waals surface area (Å²) in [6.07, 6.45) is 5.11. The quantitative estimate of drug-likeness (QED) is 0.450. The molecule has 4 rings (SSSR count). The van der Waals surface area contributed by atoms with Crippen LogP contribution in [0.3, 0.4) is 0 Å². The van der Waals surface area contributed by atoms with Crippen LogP contribution in [0.15, 0.2) is 54.9 Å². The molecule has 2 N–H and O–H groups in total. The van der Waals surface area contributed by atoms with Gasteiger partial charge in [-0.25, -0.2) is 14.2 Å². The van der Waals surface area contributed by atoms with Gasteiger partial charge in [0.15, 0.2) is 0 Å². The van der Waals surface area contributed by atoms with Crippen LogP contribution in [0.2, 0.25) is 5.02 Å². The highest BCUT2D eigenvalue weighted by Gasteiger charge is 2.10. The fourth-order valence-corrected chi connectivity index (χ4v) is 3.47. The van der Waals surface area contributed by atoms with Crippen LogP contribution in [0, 0.1) is 5.82 Å². The number of aryl methyl sites for hydroxylation is 1. The summed E-state index contributed by atoms with van der Waals surface area (Å²) in [6.45, 7) is 0.918. The lowest BCUT2D eigenvalue weighted by molar-refractivity contribution is 0.207. The summed E-state index contributed by atoms with van der Waals surface area (Å²) in [6, 6.07) is 11.7. The van der Waals surface area contributed by atoms with Crippen LogP contribution in [0.4, 0.5) is 9.18 Å². The molecule has 160 valence electrons. The molecule has 0 aliphatic carbocycles. The van der Waals surface area contributed by atoms with Gasteiger partial charge < -0.3 is 14.6 Å². The van der Waals surface area contributed by atoms with Crippen molar-refractivity contribution in [2.45, 2.75) is 19.4 Å². The van der Waals surface area contributed by atoms with Gasteiger partial charge in [0.2, 0.25) is 0 Å². The molecule has 4 aromatic rings. The van der Waals surface area contributed by atoms with E-state index in [1.54, 1.807) is 30.3 Å². The van der Waals surface area contributed by atoms with Crippen LogP contribution < -0.4 is 5.32 Å². The first-order chi connectivity index (χ1) is 15.0. The molecule has 1 aromatic carbocycles. The number of hydrogen-bond donors (Lipinski definition) is 2. The Balaban J connectivity index is 1.24. The SMILES string of the molecule is CN(CCCc1cc(-c2cccc(F)c2)n[nH]1)C(=O)NCc1cn2cc(Cl)ccc2n1. The van der Waals surface area contributed by atoms with Crippen molar-refractivity contribution in [1.29, 1.82) is 0 Å². The first-order valence-electron chi connectivity index (χ1n) is 9.90. The van der Waals surface area contributed by atoms with Crippen LogP contribution in [0.25, 0.3) is 16.9 Å². The molecule has 0 radical (unpaired) electrons. The number of H-pyrrole nitrogens is 1. The second kappa shape index (κ2) is 9.18. The molecular formula is C22H22ClFN6O. The van der Waals surface area contributed by atoms with Gasteiger partial charge in [0.1, 0.15) is 11.5 Å². The van der Waals surface area contributed by atoms with E-state index in [0.29, 0.717) is 23.8 Å². The fraction of sp³-hybridized carbons (Fsp3) is 0.227. The molecule has 7 nitrogen and oxygen atoms in total. The number of imidazole rings is 1. The average Bonchev–Trinajstić information content (AvgIpc) is 3.38. The first kappa shape index (κ1) is 20.9. The predicted octanol–water partition coefficient (Wildman–Crippen LogP) is 4.29. The number of carbonyl (C=O) groups is 1. The van der Waals surface area contributed by atoms with Gasteiger partial charge in [-0.3, -0.25) is 5.10 Å². The topological polar surface area (TPSA) is 78.3 Å². The van der Waals surface area contributed by atoms with Crippen molar-refractivity contribution in [2.24, 2.45) is 0 Å². The lowest BCUT2D eigenvalue weighted by atomic mass is 10.1. The van der Waals surface area contributed by atoms with Gasteiger partial charge >= 0.3 is 6.03 Å². The molecule has 9 heteroatoms. The molecule has 0 aliphatic heterocycles. The number of pyridine rings is 1. The Morgan fingerprint density at radius 1 is 1.26 bits per heavy atom. The first-order valence-corrected chi connectivity index (χ1v) is 10.3. The fourth-order valence-electron chi connectivity index (χ4n) is 3.30. The van der Waals surface area contributed by atoms with Crippen LogP contribution in [0.1, 0.15) is 17.8 Å². The van der Waals surface area contributed by atoms with E-state index < -0.39 is 0 Å². The number of fused-ring (bicyclic) bond motifs is 1. The number of aromatic amines is 1. The van der Waals surface area contributed by atoms with E-state index in [1.165, 1.54) is 12.1 Å². The standard InChI is InChI=1S/C22H22ClFN6O/c1-29(22(31)25-12-19-14-30-13-16(23)7-8-21(30)26-19)9-3-6-18-11-20(28-27-18)15-4-2-5-17(24)10-15/h2,4-5,7-8,10-11,13-14H,3,6,9,12H2,1H3,(H,25,31)(H,27,28). The zero-order valence-corrected chi connectivity index (χ0v) is 17.7. The van der Waals surface area contributed by atoms with E-state index in [4.69, 9.17) is 11.6 Å². The molecule has 0 saturated heterocycles. The smallest absolute Gasteiger partial charge is 0.317 e. The third kappa shape index (κ3) is 5.21. The Bertz CT molecular complexity index is 1200. The zero-order chi connectivity index (χ0) is 21.8. The summed E-state index contributed by atoms with van der Waals surface area (Å²) >= 11 is 5.98. The third-order valence-electron chi connectivity index (χ3n) is 4.92. The summed E-state index contributed by atoms with van der Waals surface area (Å²) < 4.78 is 15.2. The molecule has 3 aromatic heterocycles. The molecule has 0 atom stereocenters. The zero-order valence-electron chi connectivity index (χ0n) is 17.0. The summed E-state index contributed by atoms with van der Waals surface area (Å²) in [4.78, 5) is 18.4. The van der Waals surface area contributed by atoms with Crippen molar-refractivity contribution < 1.29 is 9.18 Å². The highest BCUT2D eigenvalue weighted by atomic mass is 35.5. The van der Waals surface area contributed by atoms with Gasteiger partial charge in [-0.2, -0.15) is 5.10 Å². The van der Waals surface area contributed by atoms with Crippen molar-refractivity contribution in [2.75, 3.05) is 13.6 Å². The monoisotopic (exact) mass is 440 g/mol. The number of nitrogens with zero attached hydrogens (tertiary/aromatic N) is 4. The van der Waals surface area contributed by atoms with Crippen LogP contribution in [-0.4, -0.2) is 44.1 Å². The lowest BCUT2D eigenvalue weighted by Gasteiger charge is -2.17. The Morgan fingerprint density at radius 2 is 2.13 bits per heavy atom. The van der Waals surface area contributed by atoms with Crippen molar-refractivity contribution in [3.8, 4) is 11.3 Å². The molecule has 0 bridgehead atoms. The number of carbonyl (C=O) groups excluding carboxylic acids is 1. The Morgan fingerprint density at radius 3 is 2.97 bits per heavy atom. The van der Waals surface area contributed by atoms with Crippen LogP contribution in [-0.2, 0) is 13.0 Å². The Hall–Kier alpha value is -3.39. The molecule has 0 aliphatic rings. The van der Waals surface area contributed by atoms with E-state index in [0.717, 1.165) is 35.4 Å². The van der Waals surface area contributed by atoms with E-state index in [1.807, 2.05) is 28.8 Å². The second-order valence-corrected chi connectivity index (χ2v) is 7.75. The van der Waals surface area contributed by atoms with E-state index in [9.17, 15) is 9.18 Å². The van der Waals surface area contributed by atoms with Crippen LogP contribution in [0.5, 0.6) is 0 Å². The molecule has 31 heavy (non-hydrogen) atoms. The lowest BCUT2D eigenvalue weighted by Crippen LogP contribution is -2.37. The largest absolute Gasteiger partial charge is 0.332 e. The van der Waals surface area contributed by atoms with Crippen LogP contribution >= 0.6 is 11.6 Å². The van der Waals surface area contributed by atoms with E-state index in [2.05, 4.69) is 20.5 Å². The maximum absolute atomic E-state index is 13.4. The average molecular weight is 441 g/mol. The maximum Gasteiger partial charge on any atom is 0.317 e. The van der Waals surface area contributed by atoms with Crippen molar-refractivity contribution >= 4 is 23.3 Å². The highest BCUT2D eigenvalue weighted by molar-refractivity contribution is 6.30. The number of nitrogens with one attached hydrogen (secondary N) is 2. The van der Waals surface area contributed by atoms with Gasteiger partial charge in [-0.05, 0) is 43.2 Å². The minimum atomic E-state index is -0.290. The van der Waals surface area contributed by atoms with Gasteiger partial charge in [-0.15, -0.1) is 0 Å². The predicted molar refractivity (Wildman–Crippen MR) is 117 cm³/mol. The highest BCUT2D eigenvalue weighted by Crippen LogP contribution is 2.19. The summed E-state index contributed by atoms with van der Waals surface area (Å²) in [5.74, 6) is -0.290. The number of urea groups is 1. The van der Waals surface area contributed by atoms with Gasteiger partial charge in [-0.1, -0.05) is 23.7 Å². The van der Waals surface area contributed by atoms with Crippen molar-refractivity contribution in [3.05, 3.63) is 77.1 Å². The van der Waals surface area contributed by atoms with Gasteiger partial charge in [0.05, 0.1) is 23.0 Å². The van der Waals surface area contributed by atoms with Crippen molar-refractivity contribution in [3.63, 3.8) is 0 Å². The molecule has 0 saturated carbocycles. The van der Waals surface area contributed by atoms with Gasteiger partial charge in [0, 0.05) is 37.2 Å². The minimum Gasteiger partial charge on any atom is -0.332 e. The Kier molecular flexibility index (Phi) is 6.18. The second-order valence-electron chi connectivity index (χ2n) is 7.32. The van der Waals surface area contributed by atoms with E-state index in [-0.39, 0.29) is 11.8 Å². The number of amides is 2. The summed E-state index contributed by atoms with van der Waals surface area (Å²) in [5, 5.41) is 10.7. The van der Waals surface area contributed by atoms with Gasteiger partial charge in [0.25, 0.3) is 0 Å². The number of hydrogen-bond acceptors (Lipinski definition) is 3. The molecule has 2 amide bonds. The Labute approximate surface area is 183 Å². The maximum atomic E-state index is 13.4. The van der Waals surface area contributed by atoms with E-state index >= 15 is 0 Å². The molecule has 0 unspecified atom stereocenters. The minimum absolute atomic E-state index is 0.167. The molecular weight excluding hydrogens is 419 g/mol. The molecule has 0 fully saturated rings. The normalized spacial score (nSPS) is 11.1. The van der Waals surface area contributed by atoms with Crippen molar-refractivity contribution in [1.82, 2.24) is 29.8 Å². The number of benzene rings is 1. The molecule has 0 spiro atoms. The third-order valence-corrected chi connectivity index (χ3v) is 5.15. The summed E-state index contributed by atoms with van der Waals surface area (Å²) in [5.41, 5.74) is 3.91. The number of halogens is 2. The summed E-state index contributed by atoms with van der Waals surface area (Å²) in [7, 11) is 1.75. The molecule has 3 heterocycles.